The predicted molar refractivity (Wildman–Crippen MR) is 110 cm³/mol. The van der Waals surface area contributed by atoms with Crippen LogP contribution < -0.4 is 4.74 Å². The highest BCUT2D eigenvalue weighted by molar-refractivity contribution is 5.94. The Labute approximate surface area is 176 Å². The van der Waals surface area contributed by atoms with E-state index in [4.69, 9.17) is 9.47 Å². The second kappa shape index (κ2) is 6.58. The molecule has 0 bridgehead atoms. The quantitative estimate of drug-likeness (QED) is 0.578. The summed E-state index contributed by atoms with van der Waals surface area (Å²) in [6.07, 6.45) is 4.09. The van der Waals surface area contributed by atoms with Gasteiger partial charge in [0.15, 0.2) is 0 Å². The van der Waals surface area contributed by atoms with E-state index >= 15 is 0 Å². The Morgan fingerprint density at radius 3 is 2.53 bits per heavy atom. The number of ether oxygens (including phenoxy) is 2. The topological polar surface area (TPSA) is 93.1 Å². The van der Waals surface area contributed by atoms with Gasteiger partial charge < -0.3 is 19.7 Å². The molecule has 162 valence electrons. The van der Waals surface area contributed by atoms with Gasteiger partial charge in [-0.1, -0.05) is 20.8 Å². The number of carbonyl (C=O) groups is 2. The van der Waals surface area contributed by atoms with E-state index in [1.165, 1.54) is 13.2 Å². The molecule has 2 saturated carbocycles. The molecule has 5 atom stereocenters. The minimum atomic E-state index is -0.995. The number of carbonyl (C=O) groups excluding carboxylic acids is 2. The summed E-state index contributed by atoms with van der Waals surface area (Å²) in [5.74, 6) is -0.587. The van der Waals surface area contributed by atoms with Crippen LogP contribution in [0.1, 0.15) is 56.0 Å². The third-order valence-corrected chi connectivity index (χ3v) is 7.54. The molecule has 0 saturated heterocycles. The Morgan fingerprint density at radius 1 is 1.23 bits per heavy atom. The molecule has 6 heteroatoms. The van der Waals surface area contributed by atoms with Gasteiger partial charge >= 0.3 is 5.97 Å². The number of aromatic hydroxyl groups is 1. The third kappa shape index (κ3) is 2.96. The number of aryl methyl sites for hydroxylation is 1. The summed E-state index contributed by atoms with van der Waals surface area (Å²) >= 11 is 0. The van der Waals surface area contributed by atoms with Crippen LogP contribution >= 0.6 is 0 Å². The Hall–Kier alpha value is -2.34. The molecule has 1 aromatic carbocycles. The van der Waals surface area contributed by atoms with Crippen LogP contribution in [0.2, 0.25) is 0 Å². The van der Waals surface area contributed by atoms with Crippen molar-refractivity contribution in [3.05, 3.63) is 34.9 Å². The molecule has 0 heterocycles. The van der Waals surface area contributed by atoms with Gasteiger partial charge in [0.2, 0.25) is 0 Å². The van der Waals surface area contributed by atoms with Crippen LogP contribution in [0.4, 0.5) is 0 Å². The van der Waals surface area contributed by atoms with Crippen molar-refractivity contribution in [2.24, 2.45) is 22.7 Å². The molecule has 0 radical (unpaired) electrons. The fourth-order valence-corrected chi connectivity index (χ4v) is 6.46. The van der Waals surface area contributed by atoms with Crippen LogP contribution in [0.15, 0.2) is 23.8 Å². The summed E-state index contributed by atoms with van der Waals surface area (Å²) in [6.45, 7) is 8.08. The first-order valence-electron chi connectivity index (χ1n) is 10.4. The number of rotatable bonds is 4. The first-order valence-corrected chi connectivity index (χ1v) is 10.4. The van der Waals surface area contributed by atoms with Gasteiger partial charge in [0.05, 0.1) is 12.7 Å². The normalized spacial score (nSPS) is 36.1. The molecule has 2 fully saturated rings. The number of fused-ring (bicyclic) bond motifs is 3. The molecule has 6 nitrogen and oxygen atoms in total. The molecule has 3 aliphatic carbocycles. The lowest BCUT2D eigenvalue weighted by Crippen LogP contribution is -2.62. The van der Waals surface area contributed by atoms with Crippen LogP contribution in [0.25, 0.3) is 0 Å². The number of methoxy groups -OCH3 is 1. The van der Waals surface area contributed by atoms with Gasteiger partial charge in [0, 0.05) is 12.0 Å². The van der Waals surface area contributed by atoms with Crippen molar-refractivity contribution in [2.75, 3.05) is 7.11 Å². The number of benzene rings is 1. The smallest absolute Gasteiger partial charge is 0.342 e. The van der Waals surface area contributed by atoms with Crippen LogP contribution in [0.5, 0.6) is 11.5 Å². The SMILES string of the molecule is COc1cc(C)c(C(=O)O[C@@H]2CC3(C)C2C(C=O)=C[C@]2(O)CC(C)(C)CC32)c(O)c1. The minimum absolute atomic E-state index is 0.0137. The van der Waals surface area contributed by atoms with Crippen molar-refractivity contribution in [1.82, 2.24) is 0 Å². The Kier molecular flexibility index (Phi) is 4.59. The maximum Gasteiger partial charge on any atom is 0.342 e. The van der Waals surface area contributed by atoms with Crippen molar-refractivity contribution in [2.45, 2.75) is 58.7 Å². The number of phenols is 1. The molecule has 3 unspecified atom stereocenters. The molecule has 1 aromatic rings. The number of hydrogen-bond acceptors (Lipinski definition) is 6. The van der Waals surface area contributed by atoms with Gasteiger partial charge in [-0.25, -0.2) is 4.79 Å². The van der Waals surface area contributed by atoms with Crippen molar-refractivity contribution >= 4 is 12.3 Å². The Balaban J connectivity index is 1.61. The zero-order chi connectivity index (χ0) is 22.1. The van der Waals surface area contributed by atoms with Crippen molar-refractivity contribution in [1.29, 1.82) is 0 Å². The van der Waals surface area contributed by atoms with Crippen molar-refractivity contribution in [3.8, 4) is 11.5 Å². The average Bonchev–Trinajstić information content (AvgIpc) is 2.88. The largest absolute Gasteiger partial charge is 0.507 e. The monoisotopic (exact) mass is 414 g/mol. The highest BCUT2D eigenvalue weighted by atomic mass is 16.5. The van der Waals surface area contributed by atoms with Crippen molar-refractivity contribution in [3.63, 3.8) is 0 Å². The van der Waals surface area contributed by atoms with Crippen LogP contribution in [0.3, 0.4) is 0 Å². The maximum absolute atomic E-state index is 12.9. The number of aldehydes is 1. The lowest BCUT2D eigenvalue weighted by Gasteiger charge is -2.60. The summed E-state index contributed by atoms with van der Waals surface area (Å²) in [6, 6.07) is 3.05. The van der Waals surface area contributed by atoms with E-state index in [1.807, 2.05) is 0 Å². The van der Waals surface area contributed by atoms with E-state index in [2.05, 4.69) is 20.8 Å². The van der Waals surface area contributed by atoms with E-state index in [-0.39, 0.29) is 34.0 Å². The van der Waals surface area contributed by atoms with Crippen LogP contribution in [-0.4, -0.2) is 41.3 Å². The van der Waals surface area contributed by atoms with Gasteiger partial charge in [-0.05, 0) is 66.2 Å². The Morgan fingerprint density at radius 2 is 1.93 bits per heavy atom. The highest BCUT2D eigenvalue weighted by Crippen LogP contribution is 2.68. The predicted octanol–water partition coefficient (Wildman–Crippen LogP) is 3.57. The average molecular weight is 414 g/mol. The molecule has 3 aliphatic rings. The number of phenolic OH excluding ortho intramolecular Hbond substituents is 1. The Bertz CT molecular complexity index is 924. The first-order chi connectivity index (χ1) is 13.9. The minimum Gasteiger partial charge on any atom is -0.507 e. The van der Waals surface area contributed by atoms with Crippen LogP contribution in [0, 0.1) is 29.6 Å². The third-order valence-electron chi connectivity index (χ3n) is 7.54. The van der Waals surface area contributed by atoms with Crippen LogP contribution in [-0.2, 0) is 9.53 Å². The maximum atomic E-state index is 12.9. The molecular formula is C24H30O6. The standard InChI is InChI=1S/C24H30O6/c1-13-6-15(29-5)7-16(26)19(13)21(27)30-17-9-23(4)18-10-22(2,3)12-24(18,28)8-14(11-25)20(17)23/h6-8,11,17-18,20,26,28H,9-10,12H2,1-5H3/t17-,18?,20?,23?,24+/m1/s1. The lowest BCUT2D eigenvalue weighted by molar-refractivity contribution is -0.163. The van der Waals surface area contributed by atoms with E-state index in [0.717, 1.165) is 12.7 Å². The summed E-state index contributed by atoms with van der Waals surface area (Å²) in [7, 11) is 1.49. The second-order valence-corrected chi connectivity index (χ2v) is 10.3. The summed E-state index contributed by atoms with van der Waals surface area (Å²) < 4.78 is 10.9. The lowest BCUT2D eigenvalue weighted by atomic mass is 9.46. The molecule has 30 heavy (non-hydrogen) atoms. The zero-order valence-electron chi connectivity index (χ0n) is 18.2. The van der Waals surface area contributed by atoms with Gasteiger partial charge in [-0.15, -0.1) is 0 Å². The van der Waals surface area contributed by atoms with Gasteiger partial charge in [0.25, 0.3) is 0 Å². The molecule has 0 aliphatic heterocycles. The summed E-state index contributed by atoms with van der Waals surface area (Å²) in [4.78, 5) is 24.8. The van der Waals surface area contributed by atoms with E-state index in [1.54, 1.807) is 19.1 Å². The van der Waals surface area contributed by atoms with E-state index < -0.39 is 17.7 Å². The summed E-state index contributed by atoms with van der Waals surface area (Å²) in [5.41, 5.74) is -0.153. The molecule has 2 N–H and O–H groups in total. The molecule has 0 aromatic heterocycles. The highest BCUT2D eigenvalue weighted by Gasteiger charge is 2.68. The second-order valence-electron chi connectivity index (χ2n) is 10.3. The van der Waals surface area contributed by atoms with Gasteiger partial charge in [0.1, 0.15) is 29.5 Å². The van der Waals surface area contributed by atoms with Gasteiger partial charge in [-0.2, -0.15) is 0 Å². The first kappa shape index (κ1) is 20.9. The summed E-state index contributed by atoms with van der Waals surface area (Å²) in [5, 5.41) is 21.6. The fourth-order valence-electron chi connectivity index (χ4n) is 6.46. The van der Waals surface area contributed by atoms with E-state index in [0.29, 0.717) is 29.7 Å². The molecular weight excluding hydrogens is 384 g/mol. The van der Waals surface area contributed by atoms with E-state index in [9.17, 15) is 19.8 Å². The van der Waals surface area contributed by atoms with Gasteiger partial charge in [-0.3, -0.25) is 4.79 Å². The number of aliphatic hydroxyl groups is 1. The number of hydrogen-bond donors (Lipinski definition) is 2. The number of esters is 1. The molecule has 0 amide bonds. The fraction of sp³-hybridized carbons (Fsp3) is 0.583. The van der Waals surface area contributed by atoms with Crippen molar-refractivity contribution < 1.29 is 29.3 Å². The molecule has 0 spiro atoms. The zero-order valence-corrected chi connectivity index (χ0v) is 18.2. The molecule has 4 rings (SSSR count).